The highest BCUT2D eigenvalue weighted by molar-refractivity contribution is 7.89. The second kappa shape index (κ2) is 9.92. The van der Waals surface area contributed by atoms with Gasteiger partial charge in [-0.15, -0.1) is 10.2 Å². The summed E-state index contributed by atoms with van der Waals surface area (Å²) in [4.78, 5) is 0.0160. The molecule has 180 valence electrons. The molecule has 0 aliphatic carbocycles. The van der Waals surface area contributed by atoms with Crippen molar-refractivity contribution in [3.8, 4) is 11.4 Å². The van der Waals surface area contributed by atoms with Gasteiger partial charge in [0.05, 0.1) is 18.5 Å². The van der Waals surface area contributed by atoms with Gasteiger partial charge in [-0.3, -0.25) is 0 Å². The Labute approximate surface area is 198 Å². The molecule has 1 atom stereocenters. The van der Waals surface area contributed by atoms with Crippen molar-refractivity contribution < 1.29 is 18.3 Å². The van der Waals surface area contributed by atoms with E-state index in [0.717, 1.165) is 12.1 Å². The van der Waals surface area contributed by atoms with Crippen molar-refractivity contribution in [1.82, 2.24) is 14.1 Å². The Kier molecular flexibility index (Phi) is 6.96. The summed E-state index contributed by atoms with van der Waals surface area (Å²) >= 11 is 0. The topological polar surface area (TPSA) is 135 Å². The van der Waals surface area contributed by atoms with E-state index in [-0.39, 0.29) is 29.7 Å². The van der Waals surface area contributed by atoms with Crippen LogP contribution in [0.25, 0.3) is 5.69 Å². The molecule has 1 fully saturated rings. The van der Waals surface area contributed by atoms with Crippen molar-refractivity contribution in [3.05, 3.63) is 54.2 Å². The van der Waals surface area contributed by atoms with E-state index in [1.165, 1.54) is 23.5 Å². The Bertz CT molecular complexity index is 1290. The minimum Gasteiger partial charge on any atom is -0.497 e. The van der Waals surface area contributed by atoms with Gasteiger partial charge in [-0.2, -0.15) is 9.40 Å². The van der Waals surface area contributed by atoms with Gasteiger partial charge in [0.25, 0.3) is 0 Å². The molecule has 0 spiro atoms. The molecular weight excluding hydrogens is 456 g/mol. The third-order valence-electron chi connectivity index (χ3n) is 5.85. The minimum absolute atomic E-state index is 0.0160. The molecular formula is C23H28N6O4S. The van der Waals surface area contributed by atoms with Gasteiger partial charge in [0.1, 0.15) is 16.3 Å². The van der Waals surface area contributed by atoms with Crippen LogP contribution in [0.1, 0.15) is 18.5 Å². The summed E-state index contributed by atoms with van der Waals surface area (Å²) in [5, 5.41) is 22.5. The number of nitrogens with two attached hydrogens (primary N) is 1. The number of ether oxygens (including phenoxy) is 1. The molecule has 0 radical (unpaired) electrons. The number of nitrogen functional groups attached to an aromatic ring is 1. The zero-order valence-electron chi connectivity index (χ0n) is 19.1. The van der Waals surface area contributed by atoms with Crippen LogP contribution in [0.4, 0.5) is 17.2 Å². The molecule has 1 saturated heterocycles. The van der Waals surface area contributed by atoms with Crippen LogP contribution in [0.15, 0.2) is 63.7 Å². The van der Waals surface area contributed by atoms with Crippen molar-refractivity contribution in [2.24, 2.45) is 16.1 Å². The van der Waals surface area contributed by atoms with E-state index in [4.69, 9.17) is 10.5 Å². The number of azo groups is 1. The SMILES string of the molecule is COc1ccc(S(=O)(=O)N2CCCC(CO)C2)c(N=Nc2c(C)nn(-c3ccccc3)c2N)c1. The predicted molar refractivity (Wildman–Crippen MR) is 128 cm³/mol. The molecule has 11 heteroatoms. The Balaban J connectivity index is 1.72. The summed E-state index contributed by atoms with van der Waals surface area (Å²) < 4.78 is 35.2. The quantitative estimate of drug-likeness (QED) is 0.492. The number of aliphatic hydroxyl groups excluding tert-OH is 1. The molecule has 1 aromatic heterocycles. The maximum atomic E-state index is 13.5. The highest BCUT2D eigenvalue weighted by Gasteiger charge is 2.32. The lowest BCUT2D eigenvalue weighted by Gasteiger charge is -2.31. The number of rotatable bonds is 7. The number of aliphatic hydroxyl groups is 1. The first kappa shape index (κ1) is 23.9. The fraction of sp³-hybridized carbons (Fsp3) is 0.348. The number of anilines is 1. The summed E-state index contributed by atoms with van der Waals surface area (Å²) in [6.45, 7) is 2.36. The minimum atomic E-state index is -3.86. The van der Waals surface area contributed by atoms with Crippen LogP contribution in [0.5, 0.6) is 5.75 Å². The summed E-state index contributed by atoms with van der Waals surface area (Å²) in [5.74, 6) is 0.657. The van der Waals surface area contributed by atoms with E-state index in [1.807, 2.05) is 30.3 Å². The zero-order valence-corrected chi connectivity index (χ0v) is 19.9. The monoisotopic (exact) mass is 484 g/mol. The second-order valence-electron chi connectivity index (χ2n) is 8.15. The number of hydrogen-bond acceptors (Lipinski definition) is 8. The first-order chi connectivity index (χ1) is 16.3. The van der Waals surface area contributed by atoms with Crippen LogP contribution in [0.2, 0.25) is 0 Å². The van der Waals surface area contributed by atoms with Gasteiger partial charge < -0.3 is 15.6 Å². The van der Waals surface area contributed by atoms with Crippen LogP contribution in [-0.4, -0.2) is 54.4 Å². The van der Waals surface area contributed by atoms with Gasteiger partial charge in [0, 0.05) is 25.8 Å². The summed E-state index contributed by atoms with van der Waals surface area (Å²) in [6, 6.07) is 14.0. The van der Waals surface area contributed by atoms with Gasteiger partial charge in [-0.1, -0.05) is 18.2 Å². The lowest BCUT2D eigenvalue weighted by atomic mass is 10.0. The number of hydrogen-bond donors (Lipinski definition) is 2. The summed E-state index contributed by atoms with van der Waals surface area (Å²) in [5.41, 5.74) is 8.12. The van der Waals surface area contributed by atoms with Crippen molar-refractivity contribution in [1.29, 1.82) is 0 Å². The van der Waals surface area contributed by atoms with Crippen molar-refractivity contribution in [2.75, 3.05) is 32.5 Å². The first-order valence-electron chi connectivity index (χ1n) is 11.0. The molecule has 1 aliphatic heterocycles. The second-order valence-corrected chi connectivity index (χ2v) is 10.1. The molecule has 3 aromatic rings. The first-order valence-corrected chi connectivity index (χ1v) is 12.4. The molecule has 1 aliphatic rings. The van der Waals surface area contributed by atoms with E-state index in [1.54, 1.807) is 17.7 Å². The predicted octanol–water partition coefficient (Wildman–Crippen LogP) is 3.58. The van der Waals surface area contributed by atoms with Crippen LogP contribution < -0.4 is 10.5 Å². The van der Waals surface area contributed by atoms with Crippen molar-refractivity contribution in [2.45, 2.75) is 24.7 Å². The van der Waals surface area contributed by atoms with Gasteiger partial charge in [0.15, 0.2) is 11.5 Å². The molecule has 3 N–H and O–H groups in total. The molecule has 10 nitrogen and oxygen atoms in total. The van der Waals surface area contributed by atoms with E-state index in [9.17, 15) is 13.5 Å². The zero-order chi connectivity index (χ0) is 24.3. The maximum absolute atomic E-state index is 13.5. The molecule has 0 bridgehead atoms. The fourth-order valence-corrected chi connectivity index (χ4v) is 5.64. The molecule has 2 aromatic carbocycles. The van der Waals surface area contributed by atoms with Gasteiger partial charge >= 0.3 is 0 Å². The molecule has 0 amide bonds. The van der Waals surface area contributed by atoms with Crippen LogP contribution in [-0.2, 0) is 10.0 Å². The standard InChI is InChI=1S/C23H28N6O4S/c1-16-22(23(24)29(27-16)18-8-4-3-5-9-18)26-25-20-13-19(33-2)10-11-21(20)34(31,32)28-12-6-7-17(14-28)15-30/h3-5,8-11,13,17,30H,6-7,12,14-15,24H2,1-2H3. The van der Waals surface area contributed by atoms with Crippen LogP contribution in [0.3, 0.4) is 0 Å². The largest absolute Gasteiger partial charge is 0.497 e. The Morgan fingerprint density at radius 2 is 1.97 bits per heavy atom. The summed E-state index contributed by atoms with van der Waals surface area (Å²) in [7, 11) is -2.37. The number of benzene rings is 2. The van der Waals surface area contributed by atoms with Crippen molar-refractivity contribution in [3.63, 3.8) is 0 Å². The van der Waals surface area contributed by atoms with Crippen LogP contribution in [0, 0.1) is 12.8 Å². The van der Waals surface area contributed by atoms with E-state index in [0.29, 0.717) is 35.9 Å². The van der Waals surface area contributed by atoms with E-state index in [2.05, 4.69) is 15.3 Å². The summed E-state index contributed by atoms with van der Waals surface area (Å²) in [6.07, 6.45) is 1.48. The van der Waals surface area contributed by atoms with E-state index >= 15 is 0 Å². The number of aryl methyl sites for hydroxylation is 1. The Morgan fingerprint density at radius 1 is 1.21 bits per heavy atom. The average molecular weight is 485 g/mol. The van der Waals surface area contributed by atoms with Crippen LogP contribution >= 0.6 is 0 Å². The average Bonchev–Trinajstić information content (AvgIpc) is 3.15. The highest BCUT2D eigenvalue weighted by Crippen LogP contribution is 2.36. The lowest BCUT2D eigenvalue weighted by Crippen LogP contribution is -2.40. The third kappa shape index (κ3) is 4.67. The number of methoxy groups -OCH3 is 1. The van der Waals surface area contributed by atoms with Crippen molar-refractivity contribution >= 4 is 27.2 Å². The number of nitrogens with zero attached hydrogens (tertiary/aromatic N) is 5. The van der Waals surface area contributed by atoms with Gasteiger partial charge in [-0.25, -0.2) is 13.1 Å². The number of piperidine rings is 1. The Morgan fingerprint density at radius 3 is 2.68 bits per heavy atom. The lowest BCUT2D eigenvalue weighted by molar-refractivity contribution is 0.165. The number of para-hydroxylation sites is 1. The molecule has 1 unspecified atom stereocenters. The van der Waals surface area contributed by atoms with Gasteiger partial charge in [-0.05, 0) is 49.9 Å². The smallest absolute Gasteiger partial charge is 0.245 e. The maximum Gasteiger partial charge on any atom is 0.245 e. The number of sulfonamides is 1. The molecule has 2 heterocycles. The fourth-order valence-electron chi connectivity index (χ4n) is 3.98. The Hall–Kier alpha value is -3.28. The normalized spacial score (nSPS) is 17.3. The molecule has 4 rings (SSSR count). The molecule has 0 saturated carbocycles. The van der Waals surface area contributed by atoms with E-state index < -0.39 is 10.0 Å². The number of aromatic nitrogens is 2. The third-order valence-corrected chi connectivity index (χ3v) is 7.76. The highest BCUT2D eigenvalue weighted by atomic mass is 32.2. The van der Waals surface area contributed by atoms with Gasteiger partial charge in [0.2, 0.25) is 10.0 Å². The molecule has 34 heavy (non-hydrogen) atoms.